The number of amides is 1. The topological polar surface area (TPSA) is 68.5 Å². The molecule has 0 aliphatic rings. The number of hydrogen-bond donors (Lipinski definition) is 0. The van der Waals surface area contributed by atoms with Crippen LogP contribution in [-0.4, -0.2) is 34.1 Å². The van der Waals surface area contributed by atoms with Crippen LogP contribution in [0.2, 0.25) is 5.02 Å². The molecule has 146 valence electrons. The first kappa shape index (κ1) is 20.6. The van der Waals surface area contributed by atoms with E-state index in [1.54, 1.807) is 17.0 Å². The quantitative estimate of drug-likeness (QED) is 0.406. The van der Waals surface area contributed by atoms with Crippen LogP contribution in [0.3, 0.4) is 0 Å². The van der Waals surface area contributed by atoms with Gasteiger partial charge in [-0.25, -0.2) is 0 Å². The van der Waals surface area contributed by atoms with Crippen molar-refractivity contribution < 1.29 is 14.1 Å². The molecule has 3 aromatic rings. The van der Waals surface area contributed by atoms with Gasteiger partial charge in [-0.3, -0.25) is 4.79 Å². The number of aromatic nitrogens is 2. The lowest BCUT2D eigenvalue weighted by molar-refractivity contribution is -0.134. The van der Waals surface area contributed by atoms with Crippen molar-refractivity contribution in [1.29, 1.82) is 0 Å². The summed E-state index contributed by atoms with van der Waals surface area (Å²) in [5.41, 5.74) is 0.801. The Balaban J connectivity index is 1.62. The highest BCUT2D eigenvalue weighted by Crippen LogP contribution is 2.19. The highest BCUT2D eigenvalue weighted by Gasteiger charge is 2.18. The summed E-state index contributed by atoms with van der Waals surface area (Å²) in [6, 6.07) is 14.7. The molecule has 2 aromatic carbocycles. The minimum Gasteiger partial charge on any atom is -0.484 e. The van der Waals surface area contributed by atoms with Crippen molar-refractivity contribution in [3.05, 3.63) is 63.0 Å². The molecule has 0 radical (unpaired) electrons. The van der Waals surface area contributed by atoms with Crippen molar-refractivity contribution in [3.63, 3.8) is 0 Å². The van der Waals surface area contributed by atoms with Crippen LogP contribution in [0.25, 0.3) is 11.4 Å². The summed E-state index contributed by atoms with van der Waals surface area (Å²) in [6.07, 6.45) is 0.813. The lowest BCUT2D eigenvalue weighted by Crippen LogP contribution is -2.35. The molecular formula is C20H19ClIN3O3. The summed E-state index contributed by atoms with van der Waals surface area (Å²) in [6.45, 7) is 2.78. The minimum atomic E-state index is -0.133. The molecule has 0 spiro atoms. The van der Waals surface area contributed by atoms with Gasteiger partial charge in [0.2, 0.25) is 11.7 Å². The fourth-order valence-electron chi connectivity index (χ4n) is 2.53. The molecule has 0 bridgehead atoms. The average molecular weight is 512 g/mol. The Bertz CT molecular complexity index is 913. The molecule has 6 nitrogen and oxygen atoms in total. The van der Waals surface area contributed by atoms with E-state index in [0.29, 0.717) is 29.0 Å². The van der Waals surface area contributed by atoms with Gasteiger partial charge in [-0.05, 0) is 77.5 Å². The van der Waals surface area contributed by atoms with E-state index < -0.39 is 0 Å². The van der Waals surface area contributed by atoms with E-state index in [0.717, 1.165) is 15.6 Å². The third-order valence-corrected chi connectivity index (χ3v) is 4.89. The van der Waals surface area contributed by atoms with Crippen LogP contribution in [0, 0.1) is 3.57 Å². The zero-order valence-corrected chi connectivity index (χ0v) is 18.2. The first-order chi connectivity index (χ1) is 13.5. The molecule has 0 fully saturated rings. The van der Waals surface area contributed by atoms with Crippen molar-refractivity contribution >= 4 is 40.1 Å². The molecule has 0 aliphatic carbocycles. The molecule has 0 atom stereocenters. The van der Waals surface area contributed by atoms with E-state index in [9.17, 15) is 4.79 Å². The van der Waals surface area contributed by atoms with E-state index in [1.165, 1.54) is 0 Å². The molecule has 1 aromatic heterocycles. The maximum Gasteiger partial charge on any atom is 0.260 e. The largest absolute Gasteiger partial charge is 0.484 e. The Hall–Kier alpha value is -2.13. The fraction of sp³-hybridized carbons (Fsp3) is 0.250. The van der Waals surface area contributed by atoms with Gasteiger partial charge in [0, 0.05) is 20.7 Å². The normalized spacial score (nSPS) is 10.7. The molecule has 0 N–H and O–H groups in total. The van der Waals surface area contributed by atoms with E-state index >= 15 is 0 Å². The molecule has 28 heavy (non-hydrogen) atoms. The molecule has 0 saturated heterocycles. The van der Waals surface area contributed by atoms with Gasteiger partial charge in [0.1, 0.15) is 12.3 Å². The van der Waals surface area contributed by atoms with Gasteiger partial charge in [-0.15, -0.1) is 0 Å². The summed E-state index contributed by atoms with van der Waals surface area (Å²) in [5.74, 6) is 1.37. The van der Waals surface area contributed by atoms with Crippen LogP contribution < -0.4 is 4.74 Å². The molecule has 3 rings (SSSR count). The van der Waals surface area contributed by atoms with Crippen molar-refractivity contribution in [2.45, 2.75) is 19.9 Å². The van der Waals surface area contributed by atoms with Gasteiger partial charge >= 0.3 is 0 Å². The van der Waals surface area contributed by atoms with Crippen LogP contribution in [0.5, 0.6) is 5.75 Å². The highest BCUT2D eigenvalue weighted by molar-refractivity contribution is 14.1. The van der Waals surface area contributed by atoms with Gasteiger partial charge in [-0.2, -0.15) is 4.98 Å². The molecule has 1 amide bonds. The zero-order valence-electron chi connectivity index (χ0n) is 15.3. The maximum absolute atomic E-state index is 12.6. The molecule has 8 heteroatoms. The summed E-state index contributed by atoms with van der Waals surface area (Å²) in [7, 11) is 0. The Kier molecular flexibility index (Phi) is 7.27. The van der Waals surface area contributed by atoms with Gasteiger partial charge in [0.15, 0.2) is 6.61 Å². The van der Waals surface area contributed by atoms with Crippen molar-refractivity contribution in [2.75, 3.05) is 13.2 Å². The van der Waals surface area contributed by atoms with Crippen LogP contribution in [0.1, 0.15) is 19.2 Å². The second kappa shape index (κ2) is 9.88. The van der Waals surface area contributed by atoms with E-state index in [-0.39, 0.29) is 19.1 Å². The summed E-state index contributed by atoms with van der Waals surface area (Å²) < 4.78 is 12.0. The molecule has 1 heterocycles. The highest BCUT2D eigenvalue weighted by atomic mass is 127. The first-order valence-electron chi connectivity index (χ1n) is 8.80. The number of carbonyl (C=O) groups is 1. The Morgan fingerprint density at radius 3 is 2.57 bits per heavy atom. The first-order valence-corrected chi connectivity index (χ1v) is 10.3. The number of nitrogens with zero attached hydrogens (tertiary/aromatic N) is 3. The third kappa shape index (κ3) is 5.68. The van der Waals surface area contributed by atoms with Crippen molar-refractivity contribution in [3.8, 4) is 17.1 Å². The molecule has 0 unspecified atom stereocenters. The molecule has 0 saturated carbocycles. The van der Waals surface area contributed by atoms with E-state index in [2.05, 4.69) is 32.7 Å². The summed E-state index contributed by atoms with van der Waals surface area (Å²) in [5, 5.41) is 4.63. The Morgan fingerprint density at radius 2 is 1.89 bits per heavy atom. The second-order valence-electron chi connectivity index (χ2n) is 6.08. The van der Waals surface area contributed by atoms with Gasteiger partial charge < -0.3 is 14.2 Å². The van der Waals surface area contributed by atoms with Gasteiger partial charge in [-0.1, -0.05) is 23.7 Å². The molecule has 0 aliphatic heterocycles. The van der Waals surface area contributed by atoms with Gasteiger partial charge in [0.25, 0.3) is 5.91 Å². The number of benzene rings is 2. The fourth-order valence-corrected chi connectivity index (χ4v) is 3.01. The monoisotopic (exact) mass is 511 g/mol. The van der Waals surface area contributed by atoms with Crippen LogP contribution >= 0.6 is 34.2 Å². The lowest BCUT2D eigenvalue weighted by atomic mass is 10.2. The van der Waals surface area contributed by atoms with E-state index in [4.69, 9.17) is 20.9 Å². The zero-order chi connectivity index (χ0) is 19.9. The Morgan fingerprint density at radius 1 is 1.18 bits per heavy atom. The number of carbonyl (C=O) groups excluding carboxylic acids is 1. The number of ether oxygens (including phenoxy) is 1. The van der Waals surface area contributed by atoms with E-state index in [1.807, 2.05) is 43.3 Å². The summed E-state index contributed by atoms with van der Waals surface area (Å²) in [4.78, 5) is 18.6. The predicted molar refractivity (Wildman–Crippen MR) is 115 cm³/mol. The number of halogens is 2. The average Bonchev–Trinajstić information content (AvgIpc) is 3.16. The van der Waals surface area contributed by atoms with Crippen LogP contribution in [0.15, 0.2) is 53.1 Å². The lowest BCUT2D eigenvalue weighted by Gasteiger charge is -2.20. The predicted octanol–water partition coefficient (Wildman–Crippen LogP) is 4.81. The second-order valence-corrected chi connectivity index (χ2v) is 7.76. The molecular weight excluding hydrogens is 493 g/mol. The Labute approximate surface area is 182 Å². The maximum atomic E-state index is 12.6. The van der Waals surface area contributed by atoms with Crippen LogP contribution in [-0.2, 0) is 11.3 Å². The van der Waals surface area contributed by atoms with Crippen LogP contribution in [0.4, 0.5) is 0 Å². The van der Waals surface area contributed by atoms with Gasteiger partial charge in [0.05, 0.1) is 0 Å². The summed E-state index contributed by atoms with van der Waals surface area (Å²) >= 11 is 8.12. The number of hydrogen-bond acceptors (Lipinski definition) is 5. The number of rotatable bonds is 8. The van der Waals surface area contributed by atoms with Crippen molar-refractivity contribution in [2.24, 2.45) is 0 Å². The minimum absolute atomic E-state index is 0.0429. The van der Waals surface area contributed by atoms with Crippen molar-refractivity contribution in [1.82, 2.24) is 15.0 Å². The smallest absolute Gasteiger partial charge is 0.260 e. The standard InChI is InChI=1S/C20H19ClIN3O3/c1-2-11-25(19(26)13-27-17-9-7-16(22)8-10-17)12-18-23-20(24-28-18)14-3-5-15(21)6-4-14/h3-10H,2,11-13H2,1H3. The third-order valence-electron chi connectivity index (χ3n) is 3.92. The SMILES string of the molecule is CCCN(Cc1nc(-c2ccc(Cl)cc2)no1)C(=O)COc1ccc(I)cc1.